The number of ether oxygens (including phenoxy) is 1. The Balaban J connectivity index is 2.00. The summed E-state index contributed by atoms with van der Waals surface area (Å²) < 4.78 is 5.76. The maximum Gasteiger partial charge on any atom is 0.141 e. The third kappa shape index (κ3) is 2.87. The van der Waals surface area contributed by atoms with E-state index in [0.29, 0.717) is 5.69 Å². The smallest absolute Gasteiger partial charge is 0.141 e. The molecule has 3 rings (SSSR count). The zero-order valence-corrected chi connectivity index (χ0v) is 11.9. The molecule has 0 saturated carbocycles. The van der Waals surface area contributed by atoms with Gasteiger partial charge in [0.15, 0.2) is 0 Å². The monoisotopic (exact) mass is 277 g/mol. The molecule has 0 spiro atoms. The predicted octanol–water partition coefficient (Wildman–Crippen LogP) is 3.14. The van der Waals surface area contributed by atoms with Crippen molar-refractivity contribution in [2.45, 2.75) is 20.0 Å². The topological polar surface area (TPSA) is 50.8 Å². The molecule has 0 aliphatic rings. The van der Waals surface area contributed by atoms with Gasteiger partial charge < -0.3 is 9.72 Å². The summed E-state index contributed by atoms with van der Waals surface area (Å²) in [6, 6.07) is 9.69. The highest BCUT2D eigenvalue weighted by atomic mass is 16.5. The quantitative estimate of drug-likeness (QED) is 0.732. The Morgan fingerprint density at radius 3 is 2.81 bits per heavy atom. The lowest BCUT2D eigenvalue weighted by molar-refractivity contribution is 0.242. The number of hydrogen-bond acceptors (Lipinski definition) is 3. The van der Waals surface area contributed by atoms with Crippen LogP contribution >= 0.6 is 0 Å². The second-order valence-corrected chi connectivity index (χ2v) is 4.87. The van der Waals surface area contributed by atoms with Gasteiger partial charge in [-0.05, 0) is 38.0 Å². The summed E-state index contributed by atoms with van der Waals surface area (Å²) in [6.45, 7) is 4.00. The van der Waals surface area contributed by atoms with Crippen molar-refractivity contribution in [3.05, 3.63) is 54.1 Å². The second-order valence-electron chi connectivity index (χ2n) is 4.87. The van der Waals surface area contributed by atoms with Gasteiger partial charge in [-0.25, -0.2) is 9.97 Å². The molecule has 21 heavy (non-hydrogen) atoms. The molecule has 0 unspecified atom stereocenters. The van der Waals surface area contributed by atoms with Crippen molar-refractivity contribution in [3.63, 3.8) is 0 Å². The lowest BCUT2D eigenvalue weighted by atomic mass is 10.2. The second kappa shape index (κ2) is 5.68. The van der Waals surface area contributed by atoms with Crippen molar-refractivity contribution >= 4 is 11.0 Å². The maximum atomic E-state index is 5.76. The average molecular weight is 277 g/mol. The van der Waals surface area contributed by atoms with Crippen LogP contribution in [0, 0.1) is 11.8 Å². The Labute approximate surface area is 123 Å². The molecule has 1 aromatic carbocycles. The number of nitrogens with zero attached hydrogens (tertiary/aromatic N) is 2. The molecule has 0 saturated heterocycles. The van der Waals surface area contributed by atoms with Gasteiger partial charge in [-0.15, -0.1) is 0 Å². The molecule has 104 valence electrons. The van der Waals surface area contributed by atoms with Gasteiger partial charge >= 0.3 is 0 Å². The van der Waals surface area contributed by atoms with E-state index in [-0.39, 0.29) is 6.10 Å². The van der Waals surface area contributed by atoms with Crippen molar-refractivity contribution in [3.8, 4) is 17.6 Å². The van der Waals surface area contributed by atoms with Gasteiger partial charge in [0.1, 0.15) is 23.4 Å². The molecule has 0 atom stereocenters. The van der Waals surface area contributed by atoms with Crippen LogP contribution in [0.15, 0.2) is 42.9 Å². The van der Waals surface area contributed by atoms with Crippen LogP contribution in [0.3, 0.4) is 0 Å². The first kappa shape index (κ1) is 13.2. The van der Waals surface area contributed by atoms with E-state index in [0.717, 1.165) is 22.3 Å². The first-order valence-electron chi connectivity index (χ1n) is 6.80. The Morgan fingerprint density at radius 2 is 1.95 bits per heavy atom. The Kier molecular flexibility index (Phi) is 3.57. The minimum Gasteiger partial charge on any atom is -0.490 e. The summed E-state index contributed by atoms with van der Waals surface area (Å²) in [7, 11) is 0. The molecule has 0 aliphatic heterocycles. The molecule has 0 aliphatic carbocycles. The van der Waals surface area contributed by atoms with Crippen molar-refractivity contribution in [2.24, 2.45) is 0 Å². The zero-order chi connectivity index (χ0) is 14.7. The van der Waals surface area contributed by atoms with Crippen molar-refractivity contribution < 1.29 is 4.74 Å². The van der Waals surface area contributed by atoms with E-state index in [4.69, 9.17) is 4.74 Å². The maximum absolute atomic E-state index is 5.76. The molecule has 4 heteroatoms. The third-order valence-corrected chi connectivity index (χ3v) is 2.92. The third-order valence-electron chi connectivity index (χ3n) is 2.92. The van der Waals surface area contributed by atoms with Gasteiger partial charge in [0.25, 0.3) is 0 Å². The number of rotatable bonds is 2. The molecule has 0 bridgehead atoms. The van der Waals surface area contributed by atoms with Crippen LogP contribution in [0.2, 0.25) is 0 Å². The van der Waals surface area contributed by atoms with Crippen LogP contribution in [-0.4, -0.2) is 21.1 Å². The van der Waals surface area contributed by atoms with E-state index in [2.05, 4.69) is 26.8 Å². The number of fused-ring (bicyclic) bond motifs is 1. The summed E-state index contributed by atoms with van der Waals surface area (Å²) >= 11 is 0. The van der Waals surface area contributed by atoms with Crippen molar-refractivity contribution in [1.82, 2.24) is 15.0 Å². The van der Waals surface area contributed by atoms with Gasteiger partial charge in [0.05, 0.1) is 17.1 Å². The van der Waals surface area contributed by atoms with Crippen LogP contribution in [-0.2, 0) is 0 Å². The molecule has 2 heterocycles. The highest BCUT2D eigenvalue weighted by Gasteiger charge is 2.04. The molecule has 0 amide bonds. The van der Waals surface area contributed by atoms with Crippen LogP contribution in [0.25, 0.3) is 11.0 Å². The van der Waals surface area contributed by atoms with E-state index in [9.17, 15) is 0 Å². The normalized spacial score (nSPS) is 10.4. The summed E-state index contributed by atoms with van der Waals surface area (Å²) in [5.74, 6) is 7.03. The summed E-state index contributed by atoms with van der Waals surface area (Å²) in [5.41, 5.74) is 2.36. The van der Waals surface area contributed by atoms with Gasteiger partial charge in [-0.2, -0.15) is 0 Å². The SMILES string of the molecule is CC(C)Oc1ccccc1C#Cc1ncnc2[nH]ccc12. The minimum absolute atomic E-state index is 0.114. The average Bonchev–Trinajstić information content (AvgIpc) is 2.95. The molecular formula is C17H15N3O. The first-order valence-corrected chi connectivity index (χ1v) is 6.80. The number of nitrogens with one attached hydrogen (secondary N) is 1. The Bertz CT molecular complexity index is 824. The predicted molar refractivity (Wildman–Crippen MR) is 82.1 cm³/mol. The van der Waals surface area contributed by atoms with Crippen LogP contribution in [0.4, 0.5) is 0 Å². The molecule has 3 aromatic rings. The summed E-state index contributed by atoms with van der Waals surface area (Å²) in [5, 5.41) is 0.923. The Hall–Kier alpha value is -2.80. The van der Waals surface area contributed by atoms with E-state index >= 15 is 0 Å². The zero-order valence-electron chi connectivity index (χ0n) is 11.9. The van der Waals surface area contributed by atoms with E-state index in [1.165, 1.54) is 6.33 Å². The lowest BCUT2D eigenvalue weighted by Crippen LogP contribution is -2.06. The number of aromatic nitrogens is 3. The largest absolute Gasteiger partial charge is 0.490 e. The standard InChI is InChI=1S/C17H15N3O/c1-12(2)21-16-6-4-3-5-13(16)7-8-15-14-9-10-18-17(14)20-11-19-15/h3-6,9-12H,1-2H3,(H,18,19,20). The highest BCUT2D eigenvalue weighted by molar-refractivity contribution is 5.80. The molecule has 2 aromatic heterocycles. The van der Waals surface area contributed by atoms with Crippen LogP contribution in [0.5, 0.6) is 5.75 Å². The van der Waals surface area contributed by atoms with Gasteiger partial charge in [-0.1, -0.05) is 18.1 Å². The fourth-order valence-electron chi connectivity index (χ4n) is 2.03. The minimum atomic E-state index is 0.114. The fourth-order valence-corrected chi connectivity index (χ4v) is 2.03. The number of aromatic amines is 1. The van der Waals surface area contributed by atoms with Crippen LogP contribution < -0.4 is 4.74 Å². The number of H-pyrrole nitrogens is 1. The molecular weight excluding hydrogens is 262 g/mol. The molecule has 0 fully saturated rings. The molecule has 4 nitrogen and oxygen atoms in total. The summed E-state index contributed by atoms with van der Waals surface area (Å²) in [4.78, 5) is 11.4. The van der Waals surface area contributed by atoms with E-state index in [1.807, 2.05) is 50.4 Å². The fraction of sp³-hybridized carbons (Fsp3) is 0.176. The molecule has 1 N–H and O–H groups in total. The van der Waals surface area contributed by atoms with Crippen molar-refractivity contribution in [1.29, 1.82) is 0 Å². The first-order chi connectivity index (χ1) is 10.2. The summed E-state index contributed by atoms with van der Waals surface area (Å²) in [6.07, 6.45) is 3.46. The van der Waals surface area contributed by atoms with Gasteiger partial charge in [-0.3, -0.25) is 0 Å². The lowest BCUT2D eigenvalue weighted by Gasteiger charge is -2.10. The van der Waals surface area contributed by atoms with Crippen LogP contribution in [0.1, 0.15) is 25.1 Å². The van der Waals surface area contributed by atoms with E-state index < -0.39 is 0 Å². The Morgan fingerprint density at radius 1 is 1.10 bits per heavy atom. The van der Waals surface area contributed by atoms with Gasteiger partial charge in [0.2, 0.25) is 0 Å². The van der Waals surface area contributed by atoms with E-state index in [1.54, 1.807) is 0 Å². The number of hydrogen-bond donors (Lipinski definition) is 1. The van der Waals surface area contributed by atoms with Crippen molar-refractivity contribution in [2.75, 3.05) is 0 Å². The molecule has 0 radical (unpaired) electrons. The van der Waals surface area contributed by atoms with Gasteiger partial charge in [0, 0.05) is 6.20 Å². The number of para-hydroxylation sites is 1. The highest BCUT2D eigenvalue weighted by Crippen LogP contribution is 2.18. The number of benzene rings is 1.